The largest absolute Gasteiger partial charge is 0.372 e. The summed E-state index contributed by atoms with van der Waals surface area (Å²) < 4.78 is 16.2. The molecule has 3 heterocycles. The van der Waals surface area contributed by atoms with Crippen LogP contribution in [0.5, 0.6) is 0 Å². The molecule has 0 unspecified atom stereocenters. The van der Waals surface area contributed by atoms with Crippen LogP contribution in [0.15, 0.2) is 29.0 Å². The van der Waals surface area contributed by atoms with Crippen LogP contribution in [-0.4, -0.2) is 57.8 Å². The average Bonchev–Trinajstić information content (AvgIpc) is 3.03. The van der Waals surface area contributed by atoms with Gasteiger partial charge in [0.1, 0.15) is 13.2 Å². The summed E-state index contributed by atoms with van der Waals surface area (Å²) in [7, 11) is 0. The van der Waals surface area contributed by atoms with E-state index in [0.717, 1.165) is 5.56 Å². The number of aromatic nitrogens is 3. The van der Waals surface area contributed by atoms with Crippen LogP contribution in [0.3, 0.4) is 0 Å². The Kier molecular flexibility index (Phi) is 5.17. The minimum Gasteiger partial charge on any atom is -0.372 e. The SMILES string of the molecule is C[C@@H]1CN(C(=O)COCc2nc(-c3ccncc3)no2)C[C@@H](C)O1. The highest BCUT2D eigenvalue weighted by Crippen LogP contribution is 2.14. The van der Waals surface area contributed by atoms with Gasteiger partial charge in [0, 0.05) is 31.0 Å². The number of ether oxygens (including phenoxy) is 2. The van der Waals surface area contributed by atoms with E-state index in [2.05, 4.69) is 15.1 Å². The van der Waals surface area contributed by atoms with E-state index in [1.165, 1.54) is 0 Å². The number of hydrogen-bond acceptors (Lipinski definition) is 7. The molecule has 8 heteroatoms. The second-order valence-corrected chi connectivity index (χ2v) is 5.80. The van der Waals surface area contributed by atoms with Gasteiger partial charge in [-0.15, -0.1) is 0 Å². The Morgan fingerprint density at radius 3 is 2.71 bits per heavy atom. The molecule has 0 saturated carbocycles. The van der Waals surface area contributed by atoms with E-state index in [1.54, 1.807) is 29.4 Å². The Morgan fingerprint density at radius 1 is 1.29 bits per heavy atom. The predicted molar refractivity (Wildman–Crippen MR) is 83.8 cm³/mol. The van der Waals surface area contributed by atoms with Crippen molar-refractivity contribution in [2.45, 2.75) is 32.7 Å². The van der Waals surface area contributed by atoms with E-state index in [1.807, 2.05) is 13.8 Å². The summed E-state index contributed by atoms with van der Waals surface area (Å²) in [6.07, 6.45) is 3.39. The van der Waals surface area contributed by atoms with Crippen molar-refractivity contribution in [3.63, 3.8) is 0 Å². The topological polar surface area (TPSA) is 90.6 Å². The van der Waals surface area contributed by atoms with E-state index in [0.29, 0.717) is 24.8 Å². The maximum Gasteiger partial charge on any atom is 0.252 e. The first-order chi connectivity index (χ1) is 11.6. The fourth-order valence-corrected chi connectivity index (χ4v) is 2.63. The van der Waals surface area contributed by atoms with Crippen molar-refractivity contribution in [3.05, 3.63) is 30.4 Å². The van der Waals surface area contributed by atoms with Crippen molar-refractivity contribution in [2.24, 2.45) is 0 Å². The lowest BCUT2D eigenvalue weighted by molar-refractivity contribution is -0.148. The highest BCUT2D eigenvalue weighted by atomic mass is 16.5. The zero-order valence-electron chi connectivity index (χ0n) is 13.7. The second kappa shape index (κ2) is 7.50. The van der Waals surface area contributed by atoms with Crippen LogP contribution in [0.25, 0.3) is 11.4 Å². The molecule has 1 fully saturated rings. The molecule has 0 aliphatic carbocycles. The summed E-state index contributed by atoms with van der Waals surface area (Å²) in [6, 6.07) is 3.58. The van der Waals surface area contributed by atoms with Crippen LogP contribution >= 0.6 is 0 Å². The highest BCUT2D eigenvalue weighted by molar-refractivity contribution is 5.77. The van der Waals surface area contributed by atoms with Crippen molar-refractivity contribution in [3.8, 4) is 11.4 Å². The molecule has 0 bridgehead atoms. The van der Waals surface area contributed by atoms with Gasteiger partial charge < -0.3 is 18.9 Å². The fourth-order valence-electron chi connectivity index (χ4n) is 2.63. The molecule has 0 N–H and O–H groups in total. The van der Waals surface area contributed by atoms with Gasteiger partial charge in [-0.1, -0.05) is 5.16 Å². The van der Waals surface area contributed by atoms with E-state index < -0.39 is 0 Å². The molecule has 0 radical (unpaired) electrons. The molecule has 2 atom stereocenters. The minimum absolute atomic E-state index is 0.0214. The molecule has 1 aliphatic rings. The minimum atomic E-state index is -0.0640. The van der Waals surface area contributed by atoms with Crippen molar-refractivity contribution in [2.75, 3.05) is 19.7 Å². The van der Waals surface area contributed by atoms with Gasteiger partial charge in [0.2, 0.25) is 11.7 Å². The molecule has 1 amide bonds. The van der Waals surface area contributed by atoms with Crippen molar-refractivity contribution < 1.29 is 18.8 Å². The summed E-state index contributed by atoms with van der Waals surface area (Å²) in [6.45, 7) is 5.15. The van der Waals surface area contributed by atoms with Gasteiger partial charge in [-0.05, 0) is 26.0 Å². The van der Waals surface area contributed by atoms with Crippen LogP contribution in [0, 0.1) is 0 Å². The number of morpholine rings is 1. The standard InChI is InChI=1S/C16H20N4O4/c1-11-7-20(8-12(2)23-11)15(21)10-22-9-14-18-16(19-24-14)13-3-5-17-6-4-13/h3-6,11-12H,7-10H2,1-2H3/t11-,12-/m1/s1. The van der Waals surface area contributed by atoms with E-state index in [-0.39, 0.29) is 31.3 Å². The molecule has 2 aromatic rings. The summed E-state index contributed by atoms with van der Waals surface area (Å²) >= 11 is 0. The number of pyridine rings is 1. The van der Waals surface area contributed by atoms with Gasteiger partial charge in [0.05, 0.1) is 12.2 Å². The Hall–Kier alpha value is -2.32. The zero-order chi connectivity index (χ0) is 16.9. The second-order valence-electron chi connectivity index (χ2n) is 5.80. The predicted octanol–water partition coefficient (Wildman–Crippen LogP) is 1.28. The number of rotatable bonds is 5. The van der Waals surface area contributed by atoms with Crippen LogP contribution in [-0.2, 0) is 20.9 Å². The molecule has 1 saturated heterocycles. The molecule has 2 aromatic heterocycles. The Labute approximate surface area is 139 Å². The lowest BCUT2D eigenvalue weighted by Gasteiger charge is -2.35. The van der Waals surface area contributed by atoms with Gasteiger partial charge in [0.15, 0.2) is 0 Å². The monoisotopic (exact) mass is 332 g/mol. The average molecular weight is 332 g/mol. The molecule has 1 aliphatic heterocycles. The van der Waals surface area contributed by atoms with Crippen molar-refractivity contribution in [1.82, 2.24) is 20.0 Å². The van der Waals surface area contributed by atoms with Crippen LogP contribution in [0.1, 0.15) is 19.7 Å². The van der Waals surface area contributed by atoms with Gasteiger partial charge in [-0.25, -0.2) is 0 Å². The lowest BCUT2D eigenvalue weighted by Crippen LogP contribution is -2.49. The summed E-state index contributed by atoms with van der Waals surface area (Å²) in [5.41, 5.74) is 0.812. The first-order valence-corrected chi connectivity index (χ1v) is 7.86. The number of nitrogens with zero attached hydrogens (tertiary/aromatic N) is 4. The molecule has 128 valence electrons. The summed E-state index contributed by atoms with van der Waals surface area (Å²) in [5, 5.41) is 3.89. The summed E-state index contributed by atoms with van der Waals surface area (Å²) in [5.74, 6) is 0.738. The number of amides is 1. The number of carbonyl (C=O) groups excluding carboxylic acids is 1. The molecular weight excluding hydrogens is 312 g/mol. The van der Waals surface area contributed by atoms with Crippen LogP contribution in [0.4, 0.5) is 0 Å². The molecule has 0 spiro atoms. The van der Waals surface area contributed by atoms with Gasteiger partial charge in [-0.3, -0.25) is 9.78 Å². The lowest BCUT2D eigenvalue weighted by atomic mass is 10.2. The van der Waals surface area contributed by atoms with Crippen LogP contribution in [0.2, 0.25) is 0 Å². The van der Waals surface area contributed by atoms with E-state index in [4.69, 9.17) is 14.0 Å². The first kappa shape index (κ1) is 16.5. The van der Waals surface area contributed by atoms with Crippen molar-refractivity contribution >= 4 is 5.91 Å². The van der Waals surface area contributed by atoms with Crippen molar-refractivity contribution in [1.29, 1.82) is 0 Å². The molecule has 8 nitrogen and oxygen atoms in total. The number of carbonyl (C=O) groups is 1. The Bertz CT molecular complexity index is 666. The van der Waals surface area contributed by atoms with Gasteiger partial charge in [-0.2, -0.15) is 4.98 Å². The third kappa shape index (κ3) is 4.15. The normalized spacial score (nSPS) is 21.0. The fraction of sp³-hybridized carbons (Fsp3) is 0.500. The quantitative estimate of drug-likeness (QED) is 0.814. The number of hydrogen-bond donors (Lipinski definition) is 0. The Balaban J connectivity index is 1.48. The maximum atomic E-state index is 12.2. The molecule has 0 aromatic carbocycles. The molecule has 24 heavy (non-hydrogen) atoms. The van der Waals surface area contributed by atoms with Gasteiger partial charge in [0.25, 0.3) is 5.89 Å². The third-order valence-electron chi connectivity index (χ3n) is 3.63. The van der Waals surface area contributed by atoms with Crippen LogP contribution < -0.4 is 0 Å². The highest BCUT2D eigenvalue weighted by Gasteiger charge is 2.25. The molecule has 3 rings (SSSR count). The van der Waals surface area contributed by atoms with E-state index in [9.17, 15) is 4.79 Å². The molecular formula is C16H20N4O4. The summed E-state index contributed by atoms with van der Waals surface area (Å²) in [4.78, 5) is 22.1. The maximum absolute atomic E-state index is 12.2. The Morgan fingerprint density at radius 2 is 2.00 bits per heavy atom. The smallest absolute Gasteiger partial charge is 0.252 e. The first-order valence-electron chi connectivity index (χ1n) is 7.86. The van der Waals surface area contributed by atoms with Gasteiger partial charge >= 0.3 is 0 Å². The third-order valence-corrected chi connectivity index (χ3v) is 3.63. The zero-order valence-corrected chi connectivity index (χ0v) is 13.7. The van der Waals surface area contributed by atoms with E-state index >= 15 is 0 Å².